The van der Waals surface area contributed by atoms with Crippen molar-refractivity contribution in [2.24, 2.45) is 0 Å². The number of sulfonamides is 2. The van der Waals surface area contributed by atoms with Crippen molar-refractivity contribution < 1.29 is 26.4 Å². The van der Waals surface area contributed by atoms with Crippen LogP contribution in [0, 0.1) is 0 Å². The Balaban J connectivity index is 1.00. The van der Waals surface area contributed by atoms with Crippen molar-refractivity contribution in [1.82, 2.24) is 0 Å². The van der Waals surface area contributed by atoms with Crippen LogP contribution in [0.5, 0.6) is 0 Å². The van der Waals surface area contributed by atoms with E-state index in [2.05, 4.69) is 10.6 Å². The molecule has 0 atom stereocenters. The van der Waals surface area contributed by atoms with Crippen LogP contribution in [0.4, 0.5) is 22.7 Å². The fraction of sp³-hybridized carbons (Fsp3) is 0.188. The van der Waals surface area contributed by atoms with Gasteiger partial charge in [0.05, 0.1) is 21.2 Å². The predicted octanol–water partition coefficient (Wildman–Crippen LogP) is 4.55. The number of amides is 2. The Morgan fingerprint density at radius 3 is 1.30 bits per heavy atom. The summed E-state index contributed by atoms with van der Waals surface area (Å²) in [5.74, 6) is -0.812. The smallest absolute Gasteiger partial charge is 0.264 e. The van der Waals surface area contributed by atoms with Crippen LogP contribution in [-0.2, 0) is 42.5 Å². The summed E-state index contributed by atoms with van der Waals surface area (Å²) in [7, 11) is -7.49. The lowest BCUT2D eigenvalue weighted by Gasteiger charge is -2.19. The van der Waals surface area contributed by atoms with Crippen molar-refractivity contribution in [3.8, 4) is 0 Å². The predicted molar refractivity (Wildman–Crippen MR) is 169 cm³/mol. The van der Waals surface area contributed by atoms with Crippen LogP contribution >= 0.6 is 0 Å². The van der Waals surface area contributed by atoms with E-state index in [1.165, 1.54) is 57.1 Å². The highest BCUT2D eigenvalue weighted by Gasteiger charge is 2.31. The van der Waals surface area contributed by atoms with E-state index < -0.39 is 31.9 Å². The highest BCUT2D eigenvalue weighted by molar-refractivity contribution is 7.93. The quantitative estimate of drug-likeness (QED) is 0.279. The summed E-state index contributed by atoms with van der Waals surface area (Å²) < 4.78 is 55.6. The zero-order valence-electron chi connectivity index (χ0n) is 23.6. The van der Waals surface area contributed by atoms with Gasteiger partial charge in [-0.05, 0) is 84.6 Å². The third-order valence-corrected chi connectivity index (χ3v) is 11.4. The standard InChI is InChI=1S/C32H30N4O6S2/c37-31(33-25-9-13-27(14-10-25)43(39,40)35-21-19-23-5-1-3-7-29(23)35)17-18-32(38)34-26-11-15-28(16-12-26)44(41,42)36-22-20-24-6-2-4-8-30(24)36/h1-16H,17-22H2,(H,33,37)(H,34,38). The van der Waals surface area contributed by atoms with Crippen molar-refractivity contribution >= 4 is 54.6 Å². The van der Waals surface area contributed by atoms with Gasteiger partial charge in [-0.15, -0.1) is 0 Å². The molecule has 2 N–H and O–H groups in total. The fourth-order valence-electron chi connectivity index (χ4n) is 5.46. The molecule has 226 valence electrons. The molecule has 2 aliphatic heterocycles. The minimum atomic E-state index is -3.74. The van der Waals surface area contributed by atoms with E-state index in [0.29, 0.717) is 48.7 Å². The third kappa shape index (κ3) is 5.78. The summed E-state index contributed by atoms with van der Waals surface area (Å²) in [5.41, 5.74) is 4.15. The first-order valence-corrected chi connectivity index (χ1v) is 17.0. The molecular weight excluding hydrogens is 601 g/mol. The van der Waals surface area contributed by atoms with Crippen LogP contribution in [0.1, 0.15) is 24.0 Å². The molecule has 0 spiro atoms. The lowest BCUT2D eigenvalue weighted by molar-refractivity contribution is -0.121. The maximum atomic E-state index is 13.2. The zero-order valence-corrected chi connectivity index (χ0v) is 25.3. The molecule has 10 nitrogen and oxygen atoms in total. The molecular formula is C32H30N4O6S2. The number of fused-ring (bicyclic) bond motifs is 2. The van der Waals surface area contributed by atoms with Crippen LogP contribution in [-0.4, -0.2) is 41.7 Å². The molecule has 44 heavy (non-hydrogen) atoms. The normalized spacial score (nSPS) is 14.2. The van der Waals surface area contributed by atoms with Crippen LogP contribution in [0.2, 0.25) is 0 Å². The van der Waals surface area contributed by atoms with Gasteiger partial charge in [-0.25, -0.2) is 16.8 Å². The number of carbonyl (C=O) groups excluding carboxylic acids is 2. The zero-order chi connectivity index (χ0) is 30.9. The van der Waals surface area contributed by atoms with E-state index in [-0.39, 0.29) is 22.6 Å². The molecule has 0 unspecified atom stereocenters. The summed E-state index contributed by atoms with van der Waals surface area (Å²) in [5, 5.41) is 5.37. The number of rotatable bonds is 9. The Labute approximate surface area is 256 Å². The molecule has 2 amide bonds. The molecule has 0 aromatic heterocycles. The molecule has 4 aromatic rings. The summed E-state index contributed by atoms with van der Waals surface area (Å²) in [6.07, 6.45) is 1.10. The van der Waals surface area contributed by atoms with Crippen molar-refractivity contribution in [3.63, 3.8) is 0 Å². The Morgan fingerprint density at radius 2 is 0.909 bits per heavy atom. The van der Waals surface area contributed by atoms with Gasteiger partial charge in [-0.1, -0.05) is 36.4 Å². The monoisotopic (exact) mass is 630 g/mol. The van der Waals surface area contributed by atoms with E-state index in [9.17, 15) is 26.4 Å². The van der Waals surface area contributed by atoms with Gasteiger partial charge in [-0.3, -0.25) is 18.2 Å². The molecule has 6 rings (SSSR count). The lowest BCUT2D eigenvalue weighted by atomic mass is 10.2. The van der Waals surface area contributed by atoms with Crippen LogP contribution < -0.4 is 19.2 Å². The first kappa shape index (κ1) is 29.4. The van der Waals surface area contributed by atoms with Crippen LogP contribution in [0.25, 0.3) is 0 Å². The molecule has 2 heterocycles. The summed E-state index contributed by atoms with van der Waals surface area (Å²) in [6, 6.07) is 26.7. The highest BCUT2D eigenvalue weighted by atomic mass is 32.2. The molecule has 12 heteroatoms. The van der Waals surface area contributed by atoms with E-state index in [4.69, 9.17) is 0 Å². The molecule has 4 aromatic carbocycles. The van der Waals surface area contributed by atoms with Crippen molar-refractivity contribution in [2.75, 3.05) is 32.3 Å². The average Bonchev–Trinajstić information content (AvgIpc) is 3.66. The number of carbonyl (C=O) groups is 2. The second kappa shape index (κ2) is 11.8. The number of hydrogen-bond donors (Lipinski definition) is 2. The molecule has 0 fully saturated rings. The number of para-hydroxylation sites is 2. The van der Waals surface area contributed by atoms with Gasteiger partial charge in [0.2, 0.25) is 11.8 Å². The van der Waals surface area contributed by atoms with Gasteiger partial charge in [0.25, 0.3) is 20.0 Å². The van der Waals surface area contributed by atoms with Gasteiger partial charge in [0.1, 0.15) is 0 Å². The first-order valence-electron chi connectivity index (χ1n) is 14.1. The fourth-order valence-corrected chi connectivity index (χ4v) is 8.47. The van der Waals surface area contributed by atoms with Gasteiger partial charge in [0, 0.05) is 37.3 Å². The molecule has 0 bridgehead atoms. The van der Waals surface area contributed by atoms with E-state index in [1.54, 1.807) is 12.1 Å². The number of anilines is 4. The van der Waals surface area contributed by atoms with Crippen molar-refractivity contribution in [1.29, 1.82) is 0 Å². The Hall–Kier alpha value is -4.68. The summed E-state index contributed by atoms with van der Waals surface area (Å²) in [4.78, 5) is 25.2. The van der Waals surface area contributed by atoms with E-state index >= 15 is 0 Å². The number of hydrogen-bond acceptors (Lipinski definition) is 6. The topological polar surface area (TPSA) is 133 Å². The maximum absolute atomic E-state index is 13.2. The SMILES string of the molecule is O=C(CCC(=O)Nc1ccc(S(=O)(=O)N2CCc3ccccc32)cc1)Nc1ccc(S(=O)(=O)N2CCc3ccccc32)cc1. The molecule has 0 saturated heterocycles. The van der Waals surface area contributed by atoms with Crippen molar-refractivity contribution in [3.05, 3.63) is 108 Å². The number of benzene rings is 4. The molecule has 0 aliphatic carbocycles. The Bertz CT molecular complexity index is 1800. The molecule has 2 aliphatic rings. The van der Waals surface area contributed by atoms with Gasteiger partial charge < -0.3 is 10.6 Å². The molecule has 0 saturated carbocycles. The van der Waals surface area contributed by atoms with Gasteiger partial charge in [-0.2, -0.15) is 0 Å². The number of nitrogens with zero attached hydrogens (tertiary/aromatic N) is 2. The van der Waals surface area contributed by atoms with E-state index in [0.717, 1.165) is 11.1 Å². The Kier molecular flexibility index (Phi) is 7.87. The largest absolute Gasteiger partial charge is 0.326 e. The maximum Gasteiger partial charge on any atom is 0.264 e. The van der Waals surface area contributed by atoms with Gasteiger partial charge in [0.15, 0.2) is 0 Å². The van der Waals surface area contributed by atoms with Crippen molar-refractivity contribution in [2.45, 2.75) is 35.5 Å². The third-order valence-electron chi connectivity index (χ3n) is 7.72. The minimum Gasteiger partial charge on any atom is -0.326 e. The molecule has 0 radical (unpaired) electrons. The average molecular weight is 631 g/mol. The Morgan fingerprint density at radius 1 is 0.545 bits per heavy atom. The summed E-state index contributed by atoms with van der Waals surface area (Å²) >= 11 is 0. The van der Waals surface area contributed by atoms with Gasteiger partial charge >= 0.3 is 0 Å². The number of nitrogens with one attached hydrogen (secondary N) is 2. The van der Waals surface area contributed by atoms with Crippen LogP contribution in [0.15, 0.2) is 107 Å². The summed E-state index contributed by atoms with van der Waals surface area (Å²) in [6.45, 7) is 0.748. The minimum absolute atomic E-state index is 0.0999. The highest BCUT2D eigenvalue weighted by Crippen LogP contribution is 2.34. The lowest BCUT2D eigenvalue weighted by Crippen LogP contribution is -2.29. The first-order chi connectivity index (χ1) is 21.1. The second-order valence-corrected chi connectivity index (χ2v) is 14.3. The van der Waals surface area contributed by atoms with Crippen LogP contribution in [0.3, 0.4) is 0 Å². The second-order valence-electron chi connectivity index (χ2n) is 10.6. The van der Waals surface area contributed by atoms with E-state index in [1.807, 2.05) is 36.4 Å².